The summed E-state index contributed by atoms with van der Waals surface area (Å²) in [5.41, 5.74) is 1.10. The summed E-state index contributed by atoms with van der Waals surface area (Å²) in [6.07, 6.45) is 0.197. The normalized spacial score (nSPS) is 24.0. The number of rotatable bonds is 2. The number of aromatic nitrogens is 1. The van der Waals surface area contributed by atoms with Crippen molar-refractivity contribution in [1.29, 1.82) is 0 Å². The highest BCUT2D eigenvalue weighted by Gasteiger charge is 2.22. The summed E-state index contributed by atoms with van der Waals surface area (Å²) in [5.74, 6) is 0. The highest BCUT2D eigenvalue weighted by molar-refractivity contribution is 7.09. The van der Waals surface area contributed by atoms with Crippen molar-refractivity contribution >= 4 is 11.3 Å². The van der Waals surface area contributed by atoms with Crippen molar-refractivity contribution in [2.75, 3.05) is 26.2 Å². The van der Waals surface area contributed by atoms with Crippen molar-refractivity contribution < 1.29 is 4.74 Å². The van der Waals surface area contributed by atoms with Crippen molar-refractivity contribution in [3.05, 3.63) is 16.1 Å². The van der Waals surface area contributed by atoms with Gasteiger partial charge in [0.05, 0.1) is 6.61 Å². The fraction of sp³-hybridized carbons (Fsp3) is 0.700. The number of ether oxygens (including phenoxy) is 1. The Balaban J connectivity index is 2.04. The Morgan fingerprint density at radius 2 is 2.57 bits per heavy atom. The molecule has 0 saturated carbocycles. The SMILES string of the molecule is CCN1CCOC(c2nc(C)cs2)C1. The molecule has 4 heteroatoms. The highest BCUT2D eigenvalue weighted by atomic mass is 32.1. The smallest absolute Gasteiger partial charge is 0.123 e. The van der Waals surface area contributed by atoms with Gasteiger partial charge in [0, 0.05) is 24.2 Å². The fourth-order valence-corrected chi connectivity index (χ4v) is 2.49. The van der Waals surface area contributed by atoms with Crippen LogP contribution in [0.4, 0.5) is 0 Å². The van der Waals surface area contributed by atoms with Crippen LogP contribution in [0, 0.1) is 6.92 Å². The van der Waals surface area contributed by atoms with Crippen LogP contribution < -0.4 is 0 Å². The molecule has 1 aromatic rings. The Bertz CT molecular complexity index is 300. The van der Waals surface area contributed by atoms with Crippen LogP contribution in [0.2, 0.25) is 0 Å². The Kier molecular flexibility index (Phi) is 3.15. The van der Waals surface area contributed by atoms with E-state index in [4.69, 9.17) is 4.74 Å². The molecule has 78 valence electrons. The van der Waals surface area contributed by atoms with E-state index in [-0.39, 0.29) is 6.10 Å². The molecule has 1 atom stereocenters. The van der Waals surface area contributed by atoms with Gasteiger partial charge in [-0.05, 0) is 13.5 Å². The first-order chi connectivity index (χ1) is 6.79. The third-order valence-electron chi connectivity index (χ3n) is 2.51. The lowest BCUT2D eigenvalue weighted by atomic mass is 10.3. The largest absolute Gasteiger partial charge is 0.368 e. The van der Waals surface area contributed by atoms with E-state index in [2.05, 4.69) is 22.2 Å². The Hall–Kier alpha value is -0.450. The molecule has 3 nitrogen and oxygen atoms in total. The van der Waals surface area contributed by atoms with Crippen LogP contribution in [0.25, 0.3) is 0 Å². The van der Waals surface area contributed by atoms with Gasteiger partial charge in [-0.3, -0.25) is 4.90 Å². The summed E-state index contributed by atoms with van der Waals surface area (Å²) < 4.78 is 5.72. The average molecular weight is 212 g/mol. The van der Waals surface area contributed by atoms with Gasteiger partial charge >= 0.3 is 0 Å². The summed E-state index contributed by atoms with van der Waals surface area (Å²) in [6.45, 7) is 8.19. The quantitative estimate of drug-likeness (QED) is 0.748. The van der Waals surface area contributed by atoms with E-state index >= 15 is 0 Å². The lowest BCUT2D eigenvalue weighted by Crippen LogP contribution is -2.37. The second-order valence-corrected chi connectivity index (χ2v) is 4.47. The lowest BCUT2D eigenvalue weighted by Gasteiger charge is -2.30. The van der Waals surface area contributed by atoms with Gasteiger partial charge in [-0.2, -0.15) is 0 Å². The lowest BCUT2D eigenvalue weighted by molar-refractivity contribution is -0.0282. The molecule has 1 aliphatic rings. The van der Waals surface area contributed by atoms with Gasteiger partial charge in [0.2, 0.25) is 0 Å². The van der Waals surface area contributed by atoms with Gasteiger partial charge in [0.25, 0.3) is 0 Å². The first kappa shape index (κ1) is 10.1. The zero-order valence-corrected chi connectivity index (χ0v) is 9.51. The summed E-state index contributed by atoms with van der Waals surface area (Å²) in [6, 6.07) is 0. The van der Waals surface area contributed by atoms with Gasteiger partial charge in [-0.1, -0.05) is 6.92 Å². The van der Waals surface area contributed by atoms with Crippen molar-refractivity contribution in [3.8, 4) is 0 Å². The van der Waals surface area contributed by atoms with Crippen molar-refractivity contribution in [1.82, 2.24) is 9.88 Å². The van der Waals surface area contributed by atoms with Gasteiger partial charge in [0.1, 0.15) is 11.1 Å². The molecular formula is C10H16N2OS. The monoisotopic (exact) mass is 212 g/mol. The van der Waals surface area contributed by atoms with Crippen molar-refractivity contribution in [2.24, 2.45) is 0 Å². The second kappa shape index (κ2) is 4.38. The van der Waals surface area contributed by atoms with Crippen molar-refractivity contribution in [3.63, 3.8) is 0 Å². The number of hydrogen-bond donors (Lipinski definition) is 0. The van der Waals surface area contributed by atoms with E-state index in [1.54, 1.807) is 11.3 Å². The predicted octanol–water partition coefficient (Wildman–Crippen LogP) is 1.84. The van der Waals surface area contributed by atoms with Crippen LogP contribution >= 0.6 is 11.3 Å². The Morgan fingerprint density at radius 1 is 1.71 bits per heavy atom. The highest BCUT2D eigenvalue weighted by Crippen LogP contribution is 2.24. The van der Waals surface area contributed by atoms with Crippen LogP contribution in [-0.4, -0.2) is 36.1 Å². The summed E-state index contributed by atoms with van der Waals surface area (Å²) in [7, 11) is 0. The molecule has 0 amide bonds. The van der Waals surface area contributed by atoms with E-state index < -0.39 is 0 Å². The molecule has 0 N–H and O–H groups in total. The number of morpholine rings is 1. The van der Waals surface area contributed by atoms with Crippen LogP contribution in [0.3, 0.4) is 0 Å². The molecule has 0 radical (unpaired) electrons. The van der Waals surface area contributed by atoms with E-state index in [1.807, 2.05) is 6.92 Å². The minimum atomic E-state index is 0.197. The first-order valence-electron chi connectivity index (χ1n) is 5.05. The maximum Gasteiger partial charge on any atom is 0.123 e. The number of thiazole rings is 1. The molecule has 0 aliphatic carbocycles. The first-order valence-corrected chi connectivity index (χ1v) is 5.93. The molecule has 0 bridgehead atoms. The minimum absolute atomic E-state index is 0.197. The van der Waals surface area contributed by atoms with Gasteiger partial charge in [0.15, 0.2) is 0 Å². The van der Waals surface area contributed by atoms with Crippen LogP contribution in [0.5, 0.6) is 0 Å². The summed E-state index contributed by atoms with van der Waals surface area (Å²) in [4.78, 5) is 6.88. The number of hydrogen-bond acceptors (Lipinski definition) is 4. The Morgan fingerprint density at radius 3 is 3.21 bits per heavy atom. The van der Waals surface area contributed by atoms with E-state index in [1.165, 1.54) is 0 Å². The number of nitrogens with zero attached hydrogens (tertiary/aromatic N) is 2. The molecule has 1 unspecified atom stereocenters. The van der Waals surface area contributed by atoms with E-state index in [0.717, 1.165) is 36.9 Å². The third-order valence-corrected chi connectivity index (χ3v) is 3.56. The van der Waals surface area contributed by atoms with E-state index in [9.17, 15) is 0 Å². The van der Waals surface area contributed by atoms with Crippen molar-refractivity contribution in [2.45, 2.75) is 20.0 Å². The maximum atomic E-state index is 5.72. The molecule has 0 spiro atoms. The number of likely N-dealkylation sites (N-methyl/N-ethyl adjacent to an activating group) is 1. The maximum absolute atomic E-state index is 5.72. The predicted molar refractivity (Wildman–Crippen MR) is 57.7 cm³/mol. The van der Waals surface area contributed by atoms with Gasteiger partial charge in [-0.25, -0.2) is 4.98 Å². The van der Waals surface area contributed by atoms with Crippen LogP contribution in [-0.2, 0) is 4.74 Å². The molecule has 1 saturated heterocycles. The summed E-state index contributed by atoms with van der Waals surface area (Å²) >= 11 is 1.71. The molecule has 1 aliphatic heterocycles. The zero-order valence-electron chi connectivity index (χ0n) is 8.69. The Labute approximate surface area is 88.7 Å². The summed E-state index contributed by atoms with van der Waals surface area (Å²) in [5, 5.41) is 3.21. The molecule has 1 aromatic heterocycles. The molecule has 1 fully saturated rings. The molecule has 2 rings (SSSR count). The van der Waals surface area contributed by atoms with Gasteiger partial charge in [-0.15, -0.1) is 11.3 Å². The van der Waals surface area contributed by atoms with Gasteiger partial charge < -0.3 is 4.74 Å². The third kappa shape index (κ3) is 2.13. The molecule has 14 heavy (non-hydrogen) atoms. The molecule has 0 aromatic carbocycles. The molecular weight excluding hydrogens is 196 g/mol. The molecule has 2 heterocycles. The van der Waals surface area contributed by atoms with E-state index in [0.29, 0.717) is 0 Å². The fourth-order valence-electron chi connectivity index (χ4n) is 1.66. The second-order valence-electron chi connectivity index (χ2n) is 3.58. The topological polar surface area (TPSA) is 25.4 Å². The van der Waals surface area contributed by atoms with Crippen LogP contribution in [0.15, 0.2) is 5.38 Å². The average Bonchev–Trinajstić information content (AvgIpc) is 2.65. The standard InChI is InChI=1S/C10H16N2OS/c1-3-12-4-5-13-9(6-12)10-11-8(2)7-14-10/h7,9H,3-6H2,1-2H3. The van der Waals surface area contributed by atoms with Crippen LogP contribution in [0.1, 0.15) is 23.7 Å². The minimum Gasteiger partial charge on any atom is -0.368 e. The zero-order chi connectivity index (χ0) is 9.97. The number of aryl methyl sites for hydroxylation is 1.